The second-order valence-corrected chi connectivity index (χ2v) is 10.1. The monoisotopic (exact) mass is 422 g/mol. The molecule has 0 spiro atoms. The van der Waals surface area contributed by atoms with Crippen LogP contribution in [0.1, 0.15) is 66.2 Å². The van der Waals surface area contributed by atoms with Gasteiger partial charge in [-0.3, -0.25) is 14.4 Å². The van der Waals surface area contributed by atoms with Crippen molar-refractivity contribution in [2.24, 2.45) is 16.7 Å². The summed E-state index contributed by atoms with van der Waals surface area (Å²) in [5.41, 5.74) is -2.19. The average Bonchev–Trinajstić information content (AvgIpc) is 3.56. The van der Waals surface area contributed by atoms with Gasteiger partial charge in [0.05, 0.1) is 24.7 Å². The molecule has 0 radical (unpaired) electrons. The third kappa shape index (κ3) is 4.57. The van der Waals surface area contributed by atoms with Gasteiger partial charge in [0.15, 0.2) is 5.78 Å². The van der Waals surface area contributed by atoms with E-state index in [-0.39, 0.29) is 24.2 Å². The minimum Gasteiger partial charge on any atom is -0.468 e. The van der Waals surface area contributed by atoms with E-state index in [9.17, 15) is 14.4 Å². The van der Waals surface area contributed by atoms with Crippen LogP contribution in [-0.4, -0.2) is 67.6 Å². The average molecular weight is 423 g/mol. The largest absolute Gasteiger partial charge is 0.468 e. The van der Waals surface area contributed by atoms with Crippen LogP contribution in [0.5, 0.6) is 0 Å². The van der Waals surface area contributed by atoms with E-state index in [4.69, 9.17) is 9.47 Å². The van der Waals surface area contributed by atoms with Gasteiger partial charge in [0.25, 0.3) is 0 Å². The summed E-state index contributed by atoms with van der Waals surface area (Å²) in [6.07, 6.45) is 4.23. The van der Waals surface area contributed by atoms with Crippen LogP contribution in [0.4, 0.5) is 0 Å². The number of ketones is 1. The fourth-order valence-electron chi connectivity index (χ4n) is 4.75. The molecule has 7 nitrogen and oxygen atoms in total. The number of Topliss-reactive ketones (excluding diaryl/α,β-unsaturated/α-hetero) is 1. The Labute approximate surface area is 180 Å². The molecule has 2 saturated heterocycles. The van der Waals surface area contributed by atoms with Crippen molar-refractivity contribution in [3.05, 3.63) is 0 Å². The Morgan fingerprint density at radius 3 is 2.37 bits per heavy atom. The van der Waals surface area contributed by atoms with Gasteiger partial charge in [-0.25, -0.2) is 0 Å². The van der Waals surface area contributed by atoms with Crippen LogP contribution >= 0.6 is 0 Å². The molecule has 2 aliphatic heterocycles. The molecule has 0 bridgehead atoms. The number of nitrogens with one attached hydrogen (secondary N) is 1. The molecule has 1 amide bonds. The maximum absolute atomic E-state index is 13.2. The molecule has 0 aromatic heterocycles. The molecule has 3 fully saturated rings. The van der Waals surface area contributed by atoms with Crippen LogP contribution in [-0.2, 0) is 23.9 Å². The van der Waals surface area contributed by atoms with E-state index in [0.29, 0.717) is 12.5 Å². The van der Waals surface area contributed by atoms with Gasteiger partial charge >= 0.3 is 5.97 Å². The van der Waals surface area contributed by atoms with Crippen molar-refractivity contribution in [3.63, 3.8) is 0 Å². The summed E-state index contributed by atoms with van der Waals surface area (Å²) in [7, 11) is 1.29. The number of piperidine rings is 1. The molecule has 30 heavy (non-hydrogen) atoms. The van der Waals surface area contributed by atoms with Gasteiger partial charge < -0.3 is 19.7 Å². The van der Waals surface area contributed by atoms with E-state index in [0.717, 1.165) is 38.4 Å². The van der Waals surface area contributed by atoms with Gasteiger partial charge in [0.1, 0.15) is 5.41 Å². The standard InChI is InChI=1S/C23H38N2O5/c1-15-22(2,3)20(27)23(4,21(28)29-5)18(30-15)8-9-19(26)25-12-10-17(11-13-25)24-14-16-6-7-16/h15-18,24H,6-14H2,1-5H3/t15-,18?,23-/m1/s1. The van der Waals surface area contributed by atoms with E-state index >= 15 is 0 Å². The third-order valence-electron chi connectivity index (χ3n) is 7.56. The summed E-state index contributed by atoms with van der Waals surface area (Å²) >= 11 is 0. The van der Waals surface area contributed by atoms with E-state index in [1.165, 1.54) is 20.0 Å². The zero-order valence-corrected chi connectivity index (χ0v) is 19.2. The maximum atomic E-state index is 13.2. The molecule has 3 aliphatic rings. The van der Waals surface area contributed by atoms with Crippen molar-refractivity contribution in [3.8, 4) is 0 Å². The number of rotatable bonds is 7. The summed E-state index contributed by atoms with van der Waals surface area (Å²) < 4.78 is 11.1. The maximum Gasteiger partial charge on any atom is 0.321 e. The lowest BCUT2D eigenvalue weighted by Gasteiger charge is -2.48. The number of methoxy groups -OCH3 is 1. The van der Waals surface area contributed by atoms with Crippen LogP contribution in [0.15, 0.2) is 0 Å². The molecule has 170 valence electrons. The highest BCUT2D eigenvalue weighted by molar-refractivity contribution is 6.07. The molecule has 1 unspecified atom stereocenters. The summed E-state index contributed by atoms with van der Waals surface area (Å²) in [5, 5.41) is 3.63. The Kier molecular flexibility index (Phi) is 6.92. The molecule has 1 saturated carbocycles. The van der Waals surface area contributed by atoms with Crippen molar-refractivity contribution >= 4 is 17.7 Å². The zero-order valence-electron chi connectivity index (χ0n) is 19.2. The van der Waals surface area contributed by atoms with Crippen molar-refractivity contribution in [2.45, 2.75) is 84.5 Å². The highest BCUT2D eigenvalue weighted by Gasteiger charge is 2.60. The van der Waals surface area contributed by atoms with Crippen LogP contribution in [0.3, 0.4) is 0 Å². The van der Waals surface area contributed by atoms with Crippen molar-refractivity contribution in [1.82, 2.24) is 10.2 Å². The summed E-state index contributed by atoms with van der Waals surface area (Å²) in [4.78, 5) is 40.5. The molecular weight excluding hydrogens is 384 g/mol. The second kappa shape index (κ2) is 8.95. The number of amides is 1. The number of nitrogens with zero attached hydrogens (tertiary/aromatic N) is 1. The second-order valence-electron chi connectivity index (χ2n) is 10.1. The summed E-state index contributed by atoms with van der Waals surface area (Å²) in [6, 6.07) is 0.500. The number of esters is 1. The van der Waals surface area contributed by atoms with Crippen molar-refractivity contribution in [1.29, 1.82) is 0 Å². The van der Waals surface area contributed by atoms with Crippen molar-refractivity contribution < 1.29 is 23.9 Å². The molecule has 3 atom stereocenters. The SMILES string of the molecule is COC(=O)[C@@]1(C)C(=O)C(C)(C)[C@@H](C)OC1CCC(=O)N1CCC(NCC2CC2)CC1. The van der Waals surface area contributed by atoms with Gasteiger partial charge in [0.2, 0.25) is 5.91 Å². The first kappa shape index (κ1) is 23.2. The minimum absolute atomic E-state index is 0.0661. The molecule has 1 aliphatic carbocycles. The molecule has 0 aromatic rings. The Hall–Kier alpha value is -1.47. The number of likely N-dealkylation sites (tertiary alicyclic amines) is 1. The number of hydrogen-bond acceptors (Lipinski definition) is 6. The van der Waals surface area contributed by atoms with Crippen LogP contribution in [0.2, 0.25) is 0 Å². The molecule has 0 aromatic carbocycles. The molecule has 2 heterocycles. The predicted octanol–water partition coefficient (Wildman–Crippen LogP) is 2.32. The Morgan fingerprint density at radius 1 is 1.17 bits per heavy atom. The normalized spacial score (nSPS) is 32.2. The first-order valence-electron chi connectivity index (χ1n) is 11.4. The van der Waals surface area contributed by atoms with Crippen LogP contribution in [0, 0.1) is 16.7 Å². The first-order valence-corrected chi connectivity index (χ1v) is 11.4. The van der Waals surface area contributed by atoms with Gasteiger partial charge in [-0.05, 0) is 58.4 Å². The topological polar surface area (TPSA) is 84.9 Å². The summed E-state index contributed by atoms with van der Waals surface area (Å²) in [5.74, 6) is 0.156. The summed E-state index contributed by atoms with van der Waals surface area (Å²) in [6.45, 7) is 9.65. The Balaban J connectivity index is 1.55. The fourth-order valence-corrected chi connectivity index (χ4v) is 4.75. The molecule has 3 rings (SSSR count). The zero-order chi connectivity index (χ0) is 22.1. The third-order valence-corrected chi connectivity index (χ3v) is 7.56. The van der Waals surface area contributed by atoms with Crippen LogP contribution < -0.4 is 5.32 Å². The van der Waals surface area contributed by atoms with Gasteiger partial charge in [-0.2, -0.15) is 0 Å². The van der Waals surface area contributed by atoms with E-state index in [1.807, 2.05) is 11.8 Å². The molecule has 1 N–H and O–H groups in total. The van der Waals surface area contributed by atoms with Gasteiger partial charge in [-0.1, -0.05) is 13.8 Å². The molecular formula is C23H38N2O5. The lowest BCUT2D eigenvalue weighted by Crippen LogP contribution is -2.61. The smallest absolute Gasteiger partial charge is 0.321 e. The quantitative estimate of drug-likeness (QED) is 0.501. The van der Waals surface area contributed by atoms with Crippen LogP contribution in [0.25, 0.3) is 0 Å². The van der Waals surface area contributed by atoms with Crippen molar-refractivity contribution in [2.75, 3.05) is 26.7 Å². The number of ether oxygens (including phenoxy) is 2. The fraction of sp³-hybridized carbons (Fsp3) is 0.870. The number of hydrogen-bond donors (Lipinski definition) is 1. The Morgan fingerprint density at radius 2 is 1.80 bits per heavy atom. The first-order chi connectivity index (χ1) is 14.1. The van der Waals surface area contributed by atoms with E-state index in [2.05, 4.69) is 5.32 Å². The Bertz CT molecular complexity index is 667. The molecule has 7 heteroatoms. The van der Waals surface area contributed by atoms with Gasteiger partial charge in [-0.15, -0.1) is 0 Å². The lowest BCUT2D eigenvalue weighted by atomic mass is 9.64. The predicted molar refractivity (Wildman–Crippen MR) is 113 cm³/mol. The van der Waals surface area contributed by atoms with E-state index < -0.39 is 22.9 Å². The van der Waals surface area contributed by atoms with Gasteiger partial charge in [0, 0.05) is 25.6 Å². The van der Waals surface area contributed by atoms with E-state index in [1.54, 1.807) is 20.8 Å². The number of carbonyl (C=O) groups excluding carboxylic acids is 3. The lowest BCUT2D eigenvalue weighted by molar-refractivity contribution is -0.200. The number of carbonyl (C=O) groups is 3. The minimum atomic E-state index is -1.40. The highest BCUT2D eigenvalue weighted by Crippen LogP contribution is 2.45. The highest BCUT2D eigenvalue weighted by atomic mass is 16.5.